The van der Waals surface area contributed by atoms with Crippen LogP contribution in [0.3, 0.4) is 0 Å². The summed E-state index contributed by atoms with van der Waals surface area (Å²) >= 11 is 0. The molecule has 5 nitrogen and oxygen atoms in total. The molecule has 0 aliphatic heterocycles. The van der Waals surface area contributed by atoms with E-state index in [0.29, 0.717) is 17.5 Å². The summed E-state index contributed by atoms with van der Waals surface area (Å²) in [6.45, 7) is 0. The van der Waals surface area contributed by atoms with E-state index in [9.17, 15) is 0 Å². The van der Waals surface area contributed by atoms with Gasteiger partial charge in [-0.25, -0.2) is 15.0 Å². The van der Waals surface area contributed by atoms with Crippen molar-refractivity contribution in [1.29, 1.82) is 0 Å². The predicted octanol–water partition coefficient (Wildman–Crippen LogP) is 14.4. The maximum Gasteiger partial charge on any atom is 0.164 e. The maximum atomic E-state index is 5.17. The van der Waals surface area contributed by atoms with Crippen LogP contribution >= 0.6 is 0 Å². The summed E-state index contributed by atoms with van der Waals surface area (Å²) in [7, 11) is 0. The minimum Gasteiger partial charge on any atom is -0.309 e. The van der Waals surface area contributed by atoms with Crippen molar-refractivity contribution in [2.75, 3.05) is 0 Å². The monoisotopic (exact) mass is 791 g/mol. The molecule has 290 valence electrons. The number of hydrogen-bond donors (Lipinski definition) is 0. The molecule has 0 spiro atoms. The van der Waals surface area contributed by atoms with Crippen molar-refractivity contribution < 1.29 is 0 Å². The SMILES string of the molecule is c1ccc(-c2ccc3c4ccc(-n5c6ccccc6c6ccccc65)cc4n(-c4cc(-c5nc(-c6ccccc6)nc(-c6ccccc6)n5)ccc4-c4ccccc4)c3c2)cc1. The van der Waals surface area contributed by atoms with Gasteiger partial charge in [-0.05, 0) is 53.1 Å². The van der Waals surface area contributed by atoms with E-state index >= 15 is 0 Å². The molecule has 0 aliphatic carbocycles. The van der Waals surface area contributed by atoms with E-state index in [1.54, 1.807) is 0 Å². The fraction of sp³-hybridized carbons (Fsp3) is 0. The Morgan fingerprint density at radius 2 is 0.694 bits per heavy atom. The number of benzene rings is 9. The Balaban J connectivity index is 1.17. The Morgan fingerprint density at radius 3 is 1.27 bits per heavy atom. The minimum absolute atomic E-state index is 0.607. The molecule has 0 saturated carbocycles. The highest BCUT2D eigenvalue weighted by atomic mass is 15.0. The molecule has 12 aromatic rings. The molecule has 0 amide bonds. The lowest BCUT2D eigenvalue weighted by atomic mass is 10.00. The van der Waals surface area contributed by atoms with E-state index in [1.807, 2.05) is 36.4 Å². The molecule has 0 unspecified atom stereocenters. The number of para-hydroxylation sites is 2. The Hall–Kier alpha value is -8.41. The quantitative estimate of drug-likeness (QED) is 0.162. The molecule has 9 aromatic carbocycles. The van der Waals surface area contributed by atoms with Gasteiger partial charge in [-0.2, -0.15) is 0 Å². The van der Waals surface area contributed by atoms with Crippen LogP contribution in [0.1, 0.15) is 0 Å². The number of rotatable bonds is 7. The first-order chi connectivity index (χ1) is 30.7. The molecule has 0 N–H and O–H groups in total. The van der Waals surface area contributed by atoms with Crippen molar-refractivity contribution in [1.82, 2.24) is 24.1 Å². The van der Waals surface area contributed by atoms with Gasteiger partial charge in [0.1, 0.15) is 0 Å². The molecule has 5 heteroatoms. The second-order valence-corrected chi connectivity index (χ2v) is 15.6. The topological polar surface area (TPSA) is 48.5 Å². The maximum absolute atomic E-state index is 5.17. The van der Waals surface area contributed by atoms with E-state index in [2.05, 4.69) is 197 Å². The van der Waals surface area contributed by atoms with Gasteiger partial charge in [-0.1, -0.05) is 188 Å². The zero-order valence-corrected chi connectivity index (χ0v) is 33.6. The van der Waals surface area contributed by atoms with Gasteiger partial charge >= 0.3 is 0 Å². The Kier molecular flexibility index (Phi) is 8.42. The number of nitrogens with zero attached hydrogens (tertiary/aromatic N) is 5. The van der Waals surface area contributed by atoms with Gasteiger partial charge in [0.15, 0.2) is 17.5 Å². The highest BCUT2D eigenvalue weighted by molar-refractivity contribution is 6.13. The summed E-state index contributed by atoms with van der Waals surface area (Å²) in [5.74, 6) is 1.86. The number of aromatic nitrogens is 5. The van der Waals surface area contributed by atoms with Crippen molar-refractivity contribution in [2.45, 2.75) is 0 Å². The van der Waals surface area contributed by atoms with E-state index in [-0.39, 0.29) is 0 Å². The molecule has 0 bridgehead atoms. The van der Waals surface area contributed by atoms with Crippen LogP contribution in [0.4, 0.5) is 0 Å². The van der Waals surface area contributed by atoms with Gasteiger partial charge < -0.3 is 9.13 Å². The van der Waals surface area contributed by atoms with Crippen LogP contribution in [-0.4, -0.2) is 24.1 Å². The van der Waals surface area contributed by atoms with Crippen LogP contribution in [0.2, 0.25) is 0 Å². The number of fused-ring (bicyclic) bond motifs is 6. The van der Waals surface area contributed by atoms with Gasteiger partial charge in [-0.3, -0.25) is 0 Å². The van der Waals surface area contributed by atoms with Gasteiger partial charge in [0.05, 0.1) is 27.8 Å². The fourth-order valence-electron chi connectivity index (χ4n) is 9.07. The molecule has 62 heavy (non-hydrogen) atoms. The molecule has 12 rings (SSSR count). The first-order valence-corrected chi connectivity index (χ1v) is 20.9. The van der Waals surface area contributed by atoms with Gasteiger partial charge in [-0.15, -0.1) is 0 Å². The van der Waals surface area contributed by atoms with Crippen molar-refractivity contribution in [3.8, 4) is 67.8 Å². The molecule has 3 heterocycles. The normalized spacial score (nSPS) is 11.5. The van der Waals surface area contributed by atoms with Gasteiger partial charge in [0.2, 0.25) is 0 Å². The summed E-state index contributed by atoms with van der Waals surface area (Å²) < 4.78 is 4.86. The van der Waals surface area contributed by atoms with E-state index in [0.717, 1.165) is 55.8 Å². The lowest BCUT2D eigenvalue weighted by molar-refractivity contribution is 1.07. The summed E-state index contributed by atoms with van der Waals surface area (Å²) in [6.07, 6.45) is 0. The fourth-order valence-corrected chi connectivity index (χ4v) is 9.07. The van der Waals surface area contributed by atoms with Crippen LogP contribution in [0.25, 0.3) is 111 Å². The third-order valence-corrected chi connectivity index (χ3v) is 12.0. The first kappa shape index (κ1) is 35.5. The van der Waals surface area contributed by atoms with E-state index in [4.69, 9.17) is 15.0 Å². The molecule has 3 aromatic heterocycles. The van der Waals surface area contributed by atoms with Crippen LogP contribution in [-0.2, 0) is 0 Å². The van der Waals surface area contributed by atoms with Gasteiger partial charge in [0, 0.05) is 49.5 Å². The van der Waals surface area contributed by atoms with Crippen molar-refractivity contribution >= 4 is 43.6 Å². The Labute approximate surface area is 358 Å². The molecule has 0 aliphatic rings. The average molecular weight is 792 g/mol. The Morgan fingerprint density at radius 1 is 0.258 bits per heavy atom. The van der Waals surface area contributed by atoms with Gasteiger partial charge in [0.25, 0.3) is 0 Å². The molecule has 0 atom stereocenters. The predicted molar refractivity (Wildman–Crippen MR) is 256 cm³/mol. The first-order valence-electron chi connectivity index (χ1n) is 20.9. The molecular weight excluding hydrogens is 755 g/mol. The zero-order valence-electron chi connectivity index (χ0n) is 33.6. The summed E-state index contributed by atoms with van der Waals surface area (Å²) in [4.78, 5) is 15.4. The third kappa shape index (κ3) is 5.98. The average Bonchev–Trinajstić information content (AvgIpc) is 3.87. The van der Waals surface area contributed by atoms with Crippen LogP contribution < -0.4 is 0 Å². The molecule has 0 saturated heterocycles. The largest absolute Gasteiger partial charge is 0.309 e. The number of hydrogen-bond acceptors (Lipinski definition) is 3. The highest BCUT2D eigenvalue weighted by Gasteiger charge is 2.21. The van der Waals surface area contributed by atoms with Crippen LogP contribution in [0, 0.1) is 0 Å². The molecule has 0 radical (unpaired) electrons. The lowest BCUT2D eigenvalue weighted by Crippen LogP contribution is -2.02. The second-order valence-electron chi connectivity index (χ2n) is 15.6. The van der Waals surface area contributed by atoms with E-state index in [1.165, 1.54) is 38.1 Å². The summed E-state index contributed by atoms with van der Waals surface area (Å²) in [5, 5.41) is 4.82. The minimum atomic E-state index is 0.607. The standard InChI is InChI=1S/C57H37N5/c1-5-17-38(18-6-1)42-29-33-48-49-34-31-44(61-50-27-15-13-25-46(50)47-26-14-16-28-51(47)61)37-54(49)62(53(48)35-42)52-36-43(30-32-45(52)39-19-7-2-8-20-39)57-59-55(40-21-9-3-10-22-40)58-56(60-57)41-23-11-4-12-24-41/h1-37H. The van der Waals surface area contributed by atoms with Crippen molar-refractivity contribution in [2.24, 2.45) is 0 Å². The summed E-state index contributed by atoms with van der Waals surface area (Å²) in [6, 6.07) is 79.5. The highest BCUT2D eigenvalue weighted by Crippen LogP contribution is 2.41. The molecular formula is C57H37N5. The lowest BCUT2D eigenvalue weighted by Gasteiger charge is -2.17. The smallest absolute Gasteiger partial charge is 0.164 e. The second kappa shape index (κ2) is 14.7. The zero-order chi connectivity index (χ0) is 41.0. The summed E-state index contributed by atoms with van der Waals surface area (Å²) in [5.41, 5.74) is 14.0. The van der Waals surface area contributed by atoms with E-state index < -0.39 is 0 Å². The third-order valence-electron chi connectivity index (χ3n) is 12.0. The van der Waals surface area contributed by atoms with Crippen molar-refractivity contribution in [3.63, 3.8) is 0 Å². The molecule has 0 fully saturated rings. The van der Waals surface area contributed by atoms with Crippen molar-refractivity contribution in [3.05, 3.63) is 224 Å². The van der Waals surface area contributed by atoms with Crippen LogP contribution in [0.15, 0.2) is 224 Å². The Bertz CT molecular complexity index is 3500. The van der Waals surface area contributed by atoms with Crippen LogP contribution in [0.5, 0.6) is 0 Å².